The van der Waals surface area contributed by atoms with Crippen molar-refractivity contribution < 1.29 is 39.0 Å². The van der Waals surface area contributed by atoms with E-state index < -0.39 is 51.4 Å². The van der Waals surface area contributed by atoms with Crippen molar-refractivity contribution in [2.45, 2.75) is 33.3 Å². The molecular weight excluding hydrogens is 343 g/mol. The summed E-state index contributed by atoms with van der Waals surface area (Å²) in [5, 5.41) is 0. The molecule has 0 aliphatic rings. The first-order chi connectivity index (χ1) is 10.1. The molecule has 0 unspecified atom stereocenters. The van der Waals surface area contributed by atoms with Gasteiger partial charge in [0.1, 0.15) is 11.4 Å². The number of hydrogen-bond acceptors (Lipinski definition) is 5. The highest BCUT2D eigenvalue weighted by molar-refractivity contribution is 7.81. The molecule has 23 heavy (non-hydrogen) atoms. The van der Waals surface area contributed by atoms with Crippen LogP contribution in [0.5, 0.6) is 5.75 Å². The summed E-state index contributed by atoms with van der Waals surface area (Å²) in [4.78, 5) is 12.0. The van der Waals surface area contributed by atoms with E-state index in [4.69, 9.17) is 4.74 Å². The molecule has 5 nitrogen and oxygen atoms in total. The summed E-state index contributed by atoms with van der Waals surface area (Å²) >= 11 is 0. The number of esters is 1. The Morgan fingerprint density at radius 3 is 2.09 bits per heavy atom. The summed E-state index contributed by atoms with van der Waals surface area (Å²) in [6, 6.07) is 1.01. The number of carbonyl (C=O) groups excluding carboxylic acids is 1. The second kappa shape index (κ2) is 6.02. The van der Waals surface area contributed by atoms with E-state index >= 15 is 0 Å². The van der Waals surface area contributed by atoms with Gasteiger partial charge in [0.2, 0.25) is 0 Å². The maximum Gasteiger partial charge on any atom is 0.510 e. The van der Waals surface area contributed by atoms with E-state index in [1.807, 2.05) is 0 Å². The first-order valence-corrected chi connectivity index (χ1v) is 7.63. The number of ether oxygens (including phenoxy) is 1. The molecule has 0 aliphatic heterocycles. The molecule has 0 aromatic heterocycles. The summed E-state index contributed by atoms with van der Waals surface area (Å²) in [6.07, 6.45) is 0. The number of halogens is 4. The molecule has 1 rings (SSSR count). The van der Waals surface area contributed by atoms with Crippen LogP contribution in [0.15, 0.2) is 12.1 Å². The Balaban J connectivity index is 3.50. The largest absolute Gasteiger partial charge is 0.510 e. The van der Waals surface area contributed by atoms with Gasteiger partial charge in [-0.05, 0) is 39.8 Å². The molecule has 1 aromatic carbocycles. The average Bonchev–Trinajstić information content (AvgIpc) is 2.25. The number of hydrogen-bond donors (Lipinski definition) is 0. The van der Waals surface area contributed by atoms with Crippen molar-refractivity contribution in [3.63, 3.8) is 0 Å². The predicted octanol–water partition coefficient (Wildman–Crippen LogP) is 2.60. The molecule has 11 heteroatoms. The molecule has 0 spiro atoms. The quantitative estimate of drug-likeness (QED) is 0.359. The second-order valence-corrected chi connectivity index (χ2v) is 6.69. The topological polar surface area (TPSA) is 69.7 Å². The zero-order valence-electron chi connectivity index (χ0n) is 12.7. The summed E-state index contributed by atoms with van der Waals surface area (Å²) < 4.78 is 81.5. The average molecular weight is 357 g/mol. The van der Waals surface area contributed by atoms with E-state index in [9.17, 15) is 30.0 Å². The van der Waals surface area contributed by atoms with Crippen LogP contribution in [-0.2, 0) is 15.2 Å². The molecule has 0 radical (unpaired) electrons. The molecule has 0 saturated carbocycles. The third-order valence-electron chi connectivity index (χ3n) is 2.59. The SMILES string of the molecule is Cc1c(C(=O)OC(C)(C)C)cc(OS(=O)(=O)F)cc1[B-](F)(F)F. The number of rotatable bonds is 4. The minimum absolute atomic E-state index is 0.320. The Morgan fingerprint density at radius 1 is 1.17 bits per heavy atom. The zero-order valence-corrected chi connectivity index (χ0v) is 13.5. The van der Waals surface area contributed by atoms with E-state index in [2.05, 4.69) is 4.18 Å². The Hall–Kier alpha value is -1.78. The summed E-state index contributed by atoms with van der Waals surface area (Å²) in [5.74, 6) is -2.08. The van der Waals surface area contributed by atoms with Crippen LogP contribution < -0.4 is 9.65 Å². The van der Waals surface area contributed by atoms with Gasteiger partial charge in [-0.1, -0.05) is 9.45 Å². The summed E-state index contributed by atoms with van der Waals surface area (Å²) in [7, 11) is -5.54. The fourth-order valence-electron chi connectivity index (χ4n) is 1.76. The Bertz CT molecular complexity index is 722. The van der Waals surface area contributed by atoms with Crippen LogP contribution in [0.1, 0.15) is 36.7 Å². The van der Waals surface area contributed by atoms with Crippen LogP contribution >= 0.6 is 0 Å². The summed E-state index contributed by atoms with van der Waals surface area (Å²) in [6.45, 7) is -0.0589. The van der Waals surface area contributed by atoms with Crippen LogP contribution in [0.2, 0.25) is 0 Å². The van der Waals surface area contributed by atoms with Crippen LogP contribution in [0.3, 0.4) is 0 Å². The minimum Gasteiger partial charge on any atom is -0.456 e. The van der Waals surface area contributed by atoms with Gasteiger partial charge in [-0.3, -0.25) is 0 Å². The van der Waals surface area contributed by atoms with Crippen LogP contribution in [-0.4, -0.2) is 27.0 Å². The lowest BCUT2D eigenvalue weighted by molar-refractivity contribution is 0.00685. The minimum atomic E-state index is -5.59. The first-order valence-electron chi connectivity index (χ1n) is 6.32. The van der Waals surface area contributed by atoms with Gasteiger partial charge in [-0.15, -0.1) is 5.46 Å². The van der Waals surface area contributed by atoms with Crippen molar-refractivity contribution in [1.29, 1.82) is 0 Å². The van der Waals surface area contributed by atoms with E-state index in [0.717, 1.165) is 6.92 Å². The Labute approximate surface area is 131 Å². The molecule has 0 saturated heterocycles. The molecule has 0 N–H and O–H groups in total. The Morgan fingerprint density at radius 2 is 1.70 bits per heavy atom. The molecule has 0 atom stereocenters. The van der Waals surface area contributed by atoms with Crippen LogP contribution in [0.4, 0.5) is 16.8 Å². The molecule has 0 amide bonds. The van der Waals surface area contributed by atoms with Crippen LogP contribution in [0, 0.1) is 6.92 Å². The standard InChI is InChI=1S/C12H14BF4O5S/c1-7-9(11(18)21-12(2,3)4)5-8(22-23(17,19)20)6-10(7)13(14,15)16/h5-6H,1-4H3/q-1. The lowest BCUT2D eigenvalue weighted by Crippen LogP contribution is -2.38. The van der Waals surface area contributed by atoms with Gasteiger partial charge < -0.3 is 21.9 Å². The fourth-order valence-corrected chi connectivity index (χ4v) is 2.08. The number of carbonyl (C=O) groups is 1. The van der Waals surface area contributed by atoms with Crippen molar-refractivity contribution >= 4 is 28.9 Å². The molecule has 1 aromatic rings. The molecule has 0 aliphatic carbocycles. The van der Waals surface area contributed by atoms with Crippen LogP contribution in [0.25, 0.3) is 0 Å². The van der Waals surface area contributed by atoms with Gasteiger partial charge in [0.05, 0.1) is 5.56 Å². The molecule has 0 heterocycles. The van der Waals surface area contributed by atoms with E-state index in [1.165, 1.54) is 20.8 Å². The molecule has 130 valence electrons. The lowest BCUT2D eigenvalue weighted by Gasteiger charge is -2.24. The van der Waals surface area contributed by atoms with Crippen molar-refractivity contribution in [2.75, 3.05) is 0 Å². The van der Waals surface area contributed by atoms with Crippen molar-refractivity contribution in [1.82, 2.24) is 0 Å². The predicted molar refractivity (Wildman–Crippen MR) is 75.7 cm³/mol. The highest BCUT2D eigenvalue weighted by atomic mass is 32.3. The van der Waals surface area contributed by atoms with Gasteiger partial charge >= 0.3 is 23.5 Å². The third-order valence-corrected chi connectivity index (χ3v) is 2.98. The highest BCUT2D eigenvalue weighted by Crippen LogP contribution is 2.24. The van der Waals surface area contributed by atoms with Gasteiger partial charge in [0.15, 0.2) is 0 Å². The molecule has 0 bridgehead atoms. The normalized spacial score (nSPS) is 12.9. The van der Waals surface area contributed by atoms with Gasteiger partial charge in [-0.25, -0.2) is 4.79 Å². The Kier molecular flexibility index (Phi) is 5.05. The second-order valence-electron chi connectivity index (χ2n) is 5.74. The summed E-state index contributed by atoms with van der Waals surface area (Å²) in [5.41, 5.74) is -3.28. The number of benzene rings is 1. The monoisotopic (exact) mass is 357 g/mol. The van der Waals surface area contributed by atoms with E-state index in [1.54, 1.807) is 0 Å². The van der Waals surface area contributed by atoms with Crippen molar-refractivity contribution in [3.05, 3.63) is 23.3 Å². The zero-order chi connectivity index (χ0) is 18.2. The molecular formula is C12H14BF4O5S-. The molecule has 0 fully saturated rings. The van der Waals surface area contributed by atoms with Gasteiger partial charge in [0, 0.05) is 0 Å². The van der Waals surface area contributed by atoms with Gasteiger partial charge in [-0.2, -0.15) is 8.42 Å². The van der Waals surface area contributed by atoms with E-state index in [0.29, 0.717) is 12.1 Å². The maximum absolute atomic E-state index is 13.1. The van der Waals surface area contributed by atoms with E-state index in [-0.39, 0.29) is 0 Å². The smallest absolute Gasteiger partial charge is 0.456 e. The van der Waals surface area contributed by atoms with Gasteiger partial charge in [0.25, 0.3) is 0 Å². The van der Waals surface area contributed by atoms with Crippen molar-refractivity contribution in [2.24, 2.45) is 0 Å². The fraction of sp³-hybridized carbons (Fsp3) is 0.417. The highest BCUT2D eigenvalue weighted by Gasteiger charge is 2.32. The lowest BCUT2D eigenvalue weighted by atomic mass is 9.75. The first kappa shape index (κ1) is 19.3. The van der Waals surface area contributed by atoms with Crippen molar-refractivity contribution in [3.8, 4) is 5.75 Å². The maximum atomic E-state index is 13.1. The third kappa shape index (κ3) is 5.74.